The highest BCUT2D eigenvalue weighted by Gasteiger charge is 2.22. The zero-order valence-corrected chi connectivity index (χ0v) is 13.0. The molecule has 1 aromatic carbocycles. The van der Waals surface area contributed by atoms with E-state index in [1.54, 1.807) is 18.3 Å². The average Bonchev–Trinajstić information content (AvgIpc) is 2.99. The molecule has 7 heteroatoms. The van der Waals surface area contributed by atoms with Crippen LogP contribution in [0.1, 0.15) is 12.0 Å². The minimum absolute atomic E-state index is 0.0548. The number of urea groups is 1. The summed E-state index contributed by atoms with van der Waals surface area (Å²) >= 11 is 0. The molecule has 7 nitrogen and oxygen atoms in total. The SMILES string of the molecule is O=C1C[C@@H](NC(=O)Nc2ccnc(OCc3ccccc3)c2)CN1. The fraction of sp³-hybridized carbons (Fsp3) is 0.235. The summed E-state index contributed by atoms with van der Waals surface area (Å²) in [5.41, 5.74) is 1.61. The van der Waals surface area contributed by atoms with E-state index in [1.807, 2.05) is 30.3 Å². The summed E-state index contributed by atoms with van der Waals surface area (Å²) in [7, 11) is 0. The Kier molecular flexibility index (Phi) is 4.90. The topological polar surface area (TPSA) is 92.4 Å². The summed E-state index contributed by atoms with van der Waals surface area (Å²) in [6.45, 7) is 0.855. The Labute approximate surface area is 139 Å². The first-order chi connectivity index (χ1) is 11.7. The largest absolute Gasteiger partial charge is 0.473 e. The predicted octanol–water partition coefficient (Wildman–Crippen LogP) is 1.67. The van der Waals surface area contributed by atoms with E-state index in [1.165, 1.54) is 0 Å². The molecule has 24 heavy (non-hydrogen) atoms. The van der Waals surface area contributed by atoms with Crippen LogP contribution < -0.4 is 20.7 Å². The number of carbonyl (C=O) groups excluding carboxylic acids is 2. The number of nitrogens with zero attached hydrogens (tertiary/aromatic N) is 1. The van der Waals surface area contributed by atoms with E-state index < -0.39 is 0 Å². The van der Waals surface area contributed by atoms with Gasteiger partial charge in [-0.3, -0.25) is 4.79 Å². The number of amides is 3. The Balaban J connectivity index is 1.52. The molecule has 3 N–H and O–H groups in total. The first-order valence-electron chi connectivity index (χ1n) is 7.66. The number of nitrogens with one attached hydrogen (secondary N) is 3. The summed E-state index contributed by atoms with van der Waals surface area (Å²) < 4.78 is 5.62. The smallest absolute Gasteiger partial charge is 0.319 e. The van der Waals surface area contributed by atoms with Crippen LogP contribution in [0.4, 0.5) is 10.5 Å². The van der Waals surface area contributed by atoms with Gasteiger partial charge >= 0.3 is 6.03 Å². The Morgan fingerprint density at radius 2 is 2.12 bits per heavy atom. The van der Waals surface area contributed by atoms with E-state index in [2.05, 4.69) is 20.9 Å². The maximum Gasteiger partial charge on any atom is 0.319 e. The molecule has 3 amide bonds. The number of hydrogen-bond donors (Lipinski definition) is 3. The van der Waals surface area contributed by atoms with Gasteiger partial charge in [0, 0.05) is 30.9 Å². The number of hydrogen-bond acceptors (Lipinski definition) is 4. The van der Waals surface area contributed by atoms with Gasteiger partial charge in [-0.2, -0.15) is 0 Å². The van der Waals surface area contributed by atoms with E-state index in [-0.39, 0.29) is 18.0 Å². The molecule has 0 bridgehead atoms. The van der Waals surface area contributed by atoms with Crippen molar-refractivity contribution in [1.29, 1.82) is 0 Å². The Bertz CT molecular complexity index is 721. The predicted molar refractivity (Wildman–Crippen MR) is 88.6 cm³/mol. The molecule has 1 aliphatic heterocycles. The third-order valence-electron chi connectivity index (χ3n) is 3.53. The van der Waals surface area contributed by atoms with E-state index in [0.717, 1.165) is 5.56 Å². The molecule has 2 heterocycles. The average molecular weight is 326 g/mol. The molecular formula is C17H18N4O3. The van der Waals surface area contributed by atoms with Gasteiger partial charge in [0.05, 0.1) is 6.04 Å². The van der Waals surface area contributed by atoms with Crippen molar-refractivity contribution in [3.8, 4) is 5.88 Å². The van der Waals surface area contributed by atoms with Crippen LogP contribution in [0.15, 0.2) is 48.7 Å². The number of aromatic nitrogens is 1. The van der Waals surface area contributed by atoms with Crippen LogP contribution in [0.5, 0.6) is 5.88 Å². The Hall–Kier alpha value is -3.09. The lowest BCUT2D eigenvalue weighted by molar-refractivity contribution is -0.119. The standard InChI is InChI=1S/C17H18N4O3/c22-15-8-14(10-19-15)21-17(23)20-13-6-7-18-16(9-13)24-11-12-4-2-1-3-5-12/h1-7,9,14H,8,10-11H2,(H,19,22)(H2,18,20,21,23)/t14-/m1/s1. The molecule has 1 atom stereocenters. The number of anilines is 1. The van der Waals surface area contributed by atoms with Gasteiger partial charge in [-0.25, -0.2) is 9.78 Å². The lowest BCUT2D eigenvalue weighted by Gasteiger charge is -2.12. The van der Waals surface area contributed by atoms with Crippen LogP contribution in [0.3, 0.4) is 0 Å². The minimum atomic E-state index is -0.364. The molecular weight excluding hydrogens is 308 g/mol. The maximum absolute atomic E-state index is 11.9. The molecule has 0 aliphatic carbocycles. The van der Waals surface area contributed by atoms with Gasteiger partial charge < -0.3 is 20.7 Å². The number of ether oxygens (including phenoxy) is 1. The highest BCUT2D eigenvalue weighted by Crippen LogP contribution is 2.15. The van der Waals surface area contributed by atoms with Crippen molar-refractivity contribution in [3.63, 3.8) is 0 Å². The molecule has 1 aromatic heterocycles. The zero-order valence-electron chi connectivity index (χ0n) is 13.0. The van der Waals surface area contributed by atoms with Crippen molar-refractivity contribution in [3.05, 3.63) is 54.2 Å². The quantitative estimate of drug-likeness (QED) is 0.779. The number of pyridine rings is 1. The van der Waals surface area contributed by atoms with E-state index in [9.17, 15) is 9.59 Å². The van der Waals surface area contributed by atoms with Gasteiger partial charge in [0.2, 0.25) is 11.8 Å². The molecule has 1 saturated heterocycles. The van der Waals surface area contributed by atoms with E-state index in [4.69, 9.17) is 4.74 Å². The molecule has 0 unspecified atom stereocenters. The van der Waals surface area contributed by atoms with Crippen molar-refractivity contribution < 1.29 is 14.3 Å². The third kappa shape index (κ3) is 4.45. The van der Waals surface area contributed by atoms with Crippen molar-refractivity contribution in [2.45, 2.75) is 19.1 Å². The van der Waals surface area contributed by atoms with Crippen molar-refractivity contribution >= 4 is 17.6 Å². The van der Waals surface area contributed by atoms with Crippen LogP contribution >= 0.6 is 0 Å². The maximum atomic E-state index is 11.9. The molecule has 0 saturated carbocycles. The van der Waals surface area contributed by atoms with Crippen molar-refractivity contribution in [2.75, 3.05) is 11.9 Å². The van der Waals surface area contributed by atoms with Gasteiger partial charge in [-0.1, -0.05) is 30.3 Å². The van der Waals surface area contributed by atoms with Crippen LogP contribution in [-0.2, 0) is 11.4 Å². The third-order valence-corrected chi connectivity index (χ3v) is 3.53. The van der Waals surface area contributed by atoms with Gasteiger partial charge in [-0.15, -0.1) is 0 Å². The van der Waals surface area contributed by atoms with Gasteiger partial charge in [0.25, 0.3) is 0 Å². The van der Waals surface area contributed by atoms with Crippen molar-refractivity contribution in [2.24, 2.45) is 0 Å². The summed E-state index contributed by atoms with van der Waals surface area (Å²) in [6, 6.07) is 12.5. The van der Waals surface area contributed by atoms with Crippen LogP contribution in [0, 0.1) is 0 Å². The molecule has 0 spiro atoms. The molecule has 124 valence electrons. The van der Waals surface area contributed by atoms with Crippen LogP contribution in [-0.4, -0.2) is 29.5 Å². The Morgan fingerprint density at radius 3 is 2.88 bits per heavy atom. The number of benzene rings is 1. The minimum Gasteiger partial charge on any atom is -0.473 e. The second-order valence-corrected chi connectivity index (χ2v) is 5.46. The zero-order chi connectivity index (χ0) is 16.8. The summed E-state index contributed by atoms with van der Waals surface area (Å²) in [5.74, 6) is 0.371. The molecule has 1 fully saturated rings. The fourth-order valence-electron chi connectivity index (χ4n) is 2.36. The first-order valence-corrected chi connectivity index (χ1v) is 7.66. The Morgan fingerprint density at radius 1 is 1.29 bits per heavy atom. The molecule has 2 aromatic rings. The van der Waals surface area contributed by atoms with Crippen LogP contribution in [0.25, 0.3) is 0 Å². The first kappa shape index (κ1) is 15.8. The highest BCUT2D eigenvalue weighted by atomic mass is 16.5. The highest BCUT2D eigenvalue weighted by molar-refractivity contribution is 5.90. The summed E-state index contributed by atoms with van der Waals surface area (Å²) in [4.78, 5) is 27.2. The lowest BCUT2D eigenvalue weighted by atomic mass is 10.2. The van der Waals surface area contributed by atoms with E-state index >= 15 is 0 Å². The number of rotatable bonds is 5. The number of carbonyl (C=O) groups is 2. The molecule has 3 rings (SSSR count). The normalized spacial score (nSPS) is 16.3. The van der Waals surface area contributed by atoms with E-state index in [0.29, 0.717) is 31.1 Å². The molecule has 0 radical (unpaired) electrons. The van der Waals surface area contributed by atoms with Crippen LogP contribution in [0.2, 0.25) is 0 Å². The second kappa shape index (κ2) is 7.45. The lowest BCUT2D eigenvalue weighted by Crippen LogP contribution is -2.39. The summed E-state index contributed by atoms with van der Waals surface area (Å²) in [6.07, 6.45) is 1.87. The van der Waals surface area contributed by atoms with Gasteiger partial charge in [0.15, 0.2) is 0 Å². The van der Waals surface area contributed by atoms with Crippen molar-refractivity contribution in [1.82, 2.24) is 15.6 Å². The monoisotopic (exact) mass is 326 g/mol. The van der Waals surface area contributed by atoms with Gasteiger partial charge in [-0.05, 0) is 11.6 Å². The van der Waals surface area contributed by atoms with Gasteiger partial charge in [0.1, 0.15) is 6.61 Å². The second-order valence-electron chi connectivity index (χ2n) is 5.46. The summed E-state index contributed by atoms with van der Waals surface area (Å²) in [5, 5.41) is 8.12. The molecule has 1 aliphatic rings. The fourth-order valence-corrected chi connectivity index (χ4v) is 2.36.